The predicted octanol–water partition coefficient (Wildman–Crippen LogP) is 1.72. The van der Waals surface area contributed by atoms with Crippen LogP contribution in [0, 0.1) is 5.92 Å². The number of carbonyl (C=O) groups is 3. The minimum absolute atomic E-state index is 0.0105. The lowest BCUT2D eigenvalue weighted by molar-refractivity contribution is -0.117. The number of nitrogens with zero attached hydrogens (tertiary/aromatic N) is 2. The van der Waals surface area contributed by atoms with E-state index in [-0.39, 0.29) is 40.3 Å². The summed E-state index contributed by atoms with van der Waals surface area (Å²) in [6.07, 6.45) is 1.69. The summed E-state index contributed by atoms with van der Waals surface area (Å²) >= 11 is 0. The molecule has 1 aliphatic rings. The summed E-state index contributed by atoms with van der Waals surface area (Å²) in [5.74, 6) is -0.736. The zero-order chi connectivity index (χ0) is 21.0. The third-order valence-electron chi connectivity index (χ3n) is 4.33. The van der Waals surface area contributed by atoms with Gasteiger partial charge in [0.1, 0.15) is 5.56 Å². The van der Waals surface area contributed by atoms with Crippen molar-refractivity contribution < 1.29 is 23.9 Å². The van der Waals surface area contributed by atoms with E-state index >= 15 is 0 Å². The second-order valence-corrected chi connectivity index (χ2v) is 6.34. The first kappa shape index (κ1) is 20.1. The van der Waals surface area contributed by atoms with Crippen molar-refractivity contribution in [2.45, 2.75) is 12.8 Å². The largest absolute Gasteiger partial charge is 0.494 e. The summed E-state index contributed by atoms with van der Waals surface area (Å²) in [7, 11) is 4.15. The minimum atomic E-state index is -0.567. The number of para-hydroxylation sites is 1. The summed E-state index contributed by atoms with van der Waals surface area (Å²) in [5.41, 5.74) is 0.923. The van der Waals surface area contributed by atoms with Crippen LogP contribution in [0.1, 0.15) is 33.7 Å². The predicted molar refractivity (Wildman–Crippen MR) is 104 cm³/mol. The topological polar surface area (TPSA) is 132 Å². The summed E-state index contributed by atoms with van der Waals surface area (Å²) in [5, 5.41) is 16.1. The Morgan fingerprint density at radius 3 is 2.48 bits per heavy atom. The standard InChI is InChI=1S/C19H21N5O5/c1-20-18(26)15-13(9-14(23-24-15)22-17(25)10-7-8-10)21-12-6-4-5-11(16(12)28-2)19(27)29-3/h4-6,9-10H,7-8H2,1-3H3,(H,20,26)(H2,21,22,23,25). The van der Waals surface area contributed by atoms with Crippen molar-refractivity contribution >= 4 is 35.0 Å². The number of benzene rings is 1. The van der Waals surface area contributed by atoms with Gasteiger partial charge in [-0.1, -0.05) is 6.07 Å². The van der Waals surface area contributed by atoms with Gasteiger partial charge in [-0.2, -0.15) is 0 Å². The van der Waals surface area contributed by atoms with E-state index in [0.717, 1.165) is 12.8 Å². The Hall–Kier alpha value is -3.69. The molecule has 0 bridgehead atoms. The second-order valence-electron chi connectivity index (χ2n) is 6.34. The highest BCUT2D eigenvalue weighted by molar-refractivity contribution is 6.00. The molecule has 10 nitrogen and oxygen atoms in total. The third kappa shape index (κ3) is 4.42. The van der Waals surface area contributed by atoms with Gasteiger partial charge in [-0.25, -0.2) is 4.79 Å². The first-order valence-corrected chi connectivity index (χ1v) is 8.91. The average molecular weight is 399 g/mol. The normalized spacial score (nSPS) is 12.7. The Kier molecular flexibility index (Phi) is 5.91. The van der Waals surface area contributed by atoms with Gasteiger partial charge in [0.15, 0.2) is 17.3 Å². The summed E-state index contributed by atoms with van der Waals surface area (Å²) in [6.45, 7) is 0. The van der Waals surface area contributed by atoms with Crippen molar-refractivity contribution in [1.29, 1.82) is 0 Å². The van der Waals surface area contributed by atoms with Gasteiger partial charge in [0.25, 0.3) is 5.91 Å². The van der Waals surface area contributed by atoms with Crippen LogP contribution in [0.5, 0.6) is 5.75 Å². The molecular formula is C19H21N5O5. The van der Waals surface area contributed by atoms with Crippen LogP contribution in [0.25, 0.3) is 0 Å². The summed E-state index contributed by atoms with van der Waals surface area (Å²) in [4.78, 5) is 36.2. The van der Waals surface area contributed by atoms with Gasteiger partial charge in [0.05, 0.1) is 25.6 Å². The number of aromatic nitrogens is 2. The number of amides is 2. The SMILES string of the molecule is CNC(=O)c1nnc(NC(=O)C2CC2)cc1Nc1cccc(C(=O)OC)c1OC. The van der Waals surface area contributed by atoms with E-state index in [0.29, 0.717) is 5.69 Å². The molecule has 0 spiro atoms. The van der Waals surface area contributed by atoms with Crippen LogP contribution in [0.4, 0.5) is 17.2 Å². The van der Waals surface area contributed by atoms with E-state index in [4.69, 9.17) is 9.47 Å². The molecule has 0 atom stereocenters. The third-order valence-corrected chi connectivity index (χ3v) is 4.33. The molecule has 1 saturated carbocycles. The van der Waals surface area contributed by atoms with Gasteiger partial charge in [-0.3, -0.25) is 9.59 Å². The molecule has 29 heavy (non-hydrogen) atoms. The number of nitrogens with one attached hydrogen (secondary N) is 3. The van der Waals surface area contributed by atoms with E-state index in [1.165, 1.54) is 27.3 Å². The highest BCUT2D eigenvalue weighted by Crippen LogP contribution is 2.34. The van der Waals surface area contributed by atoms with Crippen LogP contribution in [0.15, 0.2) is 24.3 Å². The van der Waals surface area contributed by atoms with Crippen LogP contribution in [-0.2, 0) is 9.53 Å². The van der Waals surface area contributed by atoms with Crippen LogP contribution in [-0.4, -0.2) is 49.2 Å². The average Bonchev–Trinajstić information content (AvgIpc) is 3.58. The molecule has 3 rings (SSSR count). The Bertz CT molecular complexity index is 958. The molecule has 1 fully saturated rings. The Labute approximate surface area is 167 Å². The zero-order valence-corrected chi connectivity index (χ0v) is 16.2. The molecule has 0 saturated heterocycles. The molecule has 10 heteroatoms. The van der Waals surface area contributed by atoms with Crippen LogP contribution >= 0.6 is 0 Å². The lowest BCUT2D eigenvalue weighted by Crippen LogP contribution is -2.22. The molecule has 2 aromatic rings. The first-order chi connectivity index (χ1) is 14.0. The molecule has 0 radical (unpaired) electrons. The minimum Gasteiger partial charge on any atom is -0.494 e. The van der Waals surface area contributed by atoms with Gasteiger partial charge in [0, 0.05) is 19.0 Å². The molecule has 0 unspecified atom stereocenters. The van der Waals surface area contributed by atoms with Gasteiger partial charge >= 0.3 is 5.97 Å². The van der Waals surface area contributed by atoms with E-state index in [9.17, 15) is 14.4 Å². The van der Waals surface area contributed by atoms with Crippen molar-refractivity contribution in [3.8, 4) is 5.75 Å². The molecular weight excluding hydrogens is 378 g/mol. The van der Waals surface area contributed by atoms with Crippen molar-refractivity contribution in [3.05, 3.63) is 35.5 Å². The fourth-order valence-corrected chi connectivity index (χ4v) is 2.68. The molecule has 1 aromatic heterocycles. The maximum Gasteiger partial charge on any atom is 0.341 e. The molecule has 1 aliphatic carbocycles. The van der Waals surface area contributed by atoms with Crippen molar-refractivity contribution in [2.24, 2.45) is 5.92 Å². The Balaban J connectivity index is 1.98. The maximum atomic E-state index is 12.2. The second kappa shape index (κ2) is 8.55. The molecule has 0 aliphatic heterocycles. The number of methoxy groups -OCH3 is 2. The Morgan fingerprint density at radius 2 is 1.86 bits per heavy atom. The molecule has 152 valence electrons. The molecule has 3 N–H and O–H groups in total. The molecule has 2 amide bonds. The monoisotopic (exact) mass is 399 g/mol. The van der Waals surface area contributed by atoms with Crippen molar-refractivity contribution in [2.75, 3.05) is 31.9 Å². The van der Waals surface area contributed by atoms with Crippen LogP contribution in [0.3, 0.4) is 0 Å². The number of esters is 1. The molecule has 1 aromatic carbocycles. The first-order valence-electron chi connectivity index (χ1n) is 8.91. The van der Waals surface area contributed by atoms with E-state index in [1.54, 1.807) is 18.2 Å². The zero-order valence-electron chi connectivity index (χ0n) is 16.2. The smallest absolute Gasteiger partial charge is 0.341 e. The maximum absolute atomic E-state index is 12.2. The molecule has 1 heterocycles. The van der Waals surface area contributed by atoms with Gasteiger partial charge in [-0.05, 0) is 25.0 Å². The highest BCUT2D eigenvalue weighted by Gasteiger charge is 2.30. The number of hydrogen-bond donors (Lipinski definition) is 3. The number of anilines is 3. The van der Waals surface area contributed by atoms with Crippen LogP contribution < -0.4 is 20.7 Å². The van der Waals surface area contributed by atoms with E-state index in [1.807, 2.05) is 0 Å². The lowest BCUT2D eigenvalue weighted by atomic mass is 10.1. The quantitative estimate of drug-likeness (QED) is 0.600. The van der Waals surface area contributed by atoms with Crippen molar-refractivity contribution in [3.63, 3.8) is 0 Å². The van der Waals surface area contributed by atoms with E-state index < -0.39 is 11.9 Å². The van der Waals surface area contributed by atoms with Gasteiger partial charge in [0.2, 0.25) is 5.91 Å². The van der Waals surface area contributed by atoms with Gasteiger partial charge in [-0.15, -0.1) is 10.2 Å². The summed E-state index contributed by atoms with van der Waals surface area (Å²) < 4.78 is 10.1. The van der Waals surface area contributed by atoms with Crippen LogP contribution in [0.2, 0.25) is 0 Å². The summed E-state index contributed by atoms with van der Waals surface area (Å²) in [6, 6.07) is 6.37. The number of rotatable bonds is 7. The van der Waals surface area contributed by atoms with E-state index in [2.05, 4.69) is 26.1 Å². The fourth-order valence-electron chi connectivity index (χ4n) is 2.68. The number of hydrogen-bond acceptors (Lipinski definition) is 8. The van der Waals surface area contributed by atoms with Crippen molar-refractivity contribution in [1.82, 2.24) is 15.5 Å². The Morgan fingerprint density at radius 1 is 1.10 bits per heavy atom. The number of ether oxygens (including phenoxy) is 2. The lowest BCUT2D eigenvalue weighted by Gasteiger charge is -2.16. The number of carbonyl (C=O) groups excluding carboxylic acids is 3. The highest BCUT2D eigenvalue weighted by atomic mass is 16.5. The fraction of sp³-hybridized carbons (Fsp3) is 0.316. The van der Waals surface area contributed by atoms with Gasteiger partial charge < -0.3 is 25.4 Å².